The molecule has 0 radical (unpaired) electrons. The number of H-pyrrole nitrogens is 1. The number of benzene rings is 3. The van der Waals surface area contributed by atoms with Gasteiger partial charge in [0.15, 0.2) is 11.5 Å². The fraction of sp³-hybridized carbons (Fsp3) is 0.160. The summed E-state index contributed by atoms with van der Waals surface area (Å²) in [7, 11) is 3.31. The summed E-state index contributed by atoms with van der Waals surface area (Å²) in [6.07, 6.45) is 2.05. The second kappa shape index (κ2) is 9.04. The number of anilines is 1. The van der Waals surface area contributed by atoms with Crippen LogP contribution < -0.4 is 14.8 Å². The second-order valence-electron chi connectivity index (χ2n) is 7.56. The summed E-state index contributed by atoms with van der Waals surface area (Å²) in [4.78, 5) is 3.39. The van der Waals surface area contributed by atoms with Gasteiger partial charge in [-0.05, 0) is 40.3 Å². The molecule has 8 nitrogen and oxygen atoms in total. The predicted octanol–water partition coefficient (Wildman–Crippen LogP) is 4.40. The normalized spacial score (nSPS) is 11.9. The quantitative estimate of drug-likeness (QED) is 0.372. The van der Waals surface area contributed by atoms with Crippen molar-refractivity contribution in [2.24, 2.45) is 0 Å². The number of tetrazole rings is 1. The minimum atomic E-state index is -0.0628. The van der Waals surface area contributed by atoms with Crippen LogP contribution in [-0.4, -0.2) is 46.0 Å². The third kappa shape index (κ3) is 3.87. The molecule has 0 unspecified atom stereocenters. The van der Waals surface area contributed by atoms with Crippen molar-refractivity contribution in [1.82, 2.24) is 25.2 Å². The van der Waals surface area contributed by atoms with Crippen LogP contribution in [0.15, 0.2) is 79.0 Å². The lowest BCUT2D eigenvalue weighted by Gasteiger charge is -2.22. The number of aromatic amines is 1. The Morgan fingerprint density at radius 1 is 0.909 bits per heavy atom. The Hall–Kier alpha value is -4.33. The van der Waals surface area contributed by atoms with Gasteiger partial charge in [-0.15, -0.1) is 0 Å². The van der Waals surface area contributed by atoms with E-state index in [1.54, 1.807) is 18.9 Å². The van der Waals surface area contributed by atoms with Crippen LogP contribution in [-0.2, 0) is 0 Å². The number of nitrogens with one attached hydrogen (secondary N) is 2. The van der Waals surface area contributed by atoms with Gasteiger partial charge >= 0.3 is 0 Å². The Kier molecular flexibility index (Phi) is 5.63. The van der Waals surface area contributed by atoms with Crippen molar-refractivity contribution >= 4 is 16.9 Å². The number of ether oxygens (including phenoxy) is 2. The van der Waals surface area contributed by atoms with Crippen molar-refractivity contribution < 1.29 is 9.47 Å². The summed E-state index contributed by atoms with van der Waals surface area (Å²) in [5.74, 6) is 1.90. The van der Waals surface area contributed by atoms with E-state index in [1.807, 2.05) is 54.6 Å². The summed E-state index contributed by atoms with van der Waals surface area (Å²) in [5, 5.41) is 16.8. The standard InChI is InChI=1S/C25H24N6O2/c1-32-23-14-8-12-19(24(23)33-2)21(20-15-26-22-13-7-6-11-18(20)22)16-27-25-28-29-30-31(25)17-9-4-3-5-10-17/h3-15,21,26H,16H2,1-2H3,(H,27,28,30)/t21-/m1/s1. The molecule has 0 bridgehead atoms. The number of hydrogen-bond donors (Lipinski definition) is 2. The van der Waals surface area contributed by atoms with Gasteiger partial charge in [-0.1, -0.05) is 53.6 Å². The third-order valence-electron chi connectivity index (χ3n) is 5.74. The molecule has 3 aromatic carbocycles. The molecular formula is C25H24N6O2. The average Bonchev–Trinajstić information content (AvgIpc) is 3.52. The summed E-state index contributed by atoms with van der Waals surface area (Å²) in [5.41, 5.74) is 4.11. The molecule has 33 heavy (non-hydrogen) atoms. The summed E-state index contributed by atoms with van der Waals surface area (Å²) < 4.78 is 13.0. The first-order valence-electron chi connectivity index (χ1n) is 10.6. The van der Waals surface area contributed by atoms with Crippen LogP contribution in [0.1, 0.15) is 17.0 Å². The van der Waals surface area contributed by atoms with E-state index >= 15 is 0 Å². The van der Waals surface area contributed by atoms with E-state index in [2.05, 4.69) is 50.2 Å². The van der Waals surface area contributed by atoms with Crippen molar-refractivity contribution in [3.63, 3.8) is 0 Å². The Morgan fingerprint density at radius 3 is 2.55 bits per heavy atom. The molecule has 2 aromatic heterocycles. The lowest BCUT2D eigenvalue weighted by molar-refractivity contribution is 0.350. The van der Waals surface area contributed by atoms with Crippen LogP contribution in [0, 0.1) is 0 Å². The van der Waals surface area contributed by atoms with E-state index in [0.29, 0.717) is 24.0 Å². The maximum Gasteiger partial charge on any atom is 0.247 e. The average molecular weight is 441 g/mol. The van der Waals surface area contributed by atoms with Gasteiger partial charge in [0, 0.05) is 35.1 Å². The molecule has 0 aliphatic carbocycles. The molecule has 1 atom stereocenters. The number of hydrogen-bond acceptors (Lipinski definition) is 6. The highest BCUT2D eigenvalue weighted by Crippen LogP contribution is 2.40. The van der Waals surface area contributed by atoms with Crippen LogP contribution in [0.4, 0.5) is 5.95 Å². The minimum absolute atomic E-state index is 0.0628. The highest BCUT2D eigenvalue weighted by molar-refractivity contribution is 5.84. The molecule has 0 fully saturated rings. The Bertz CT molecular complexity index is 1360. The Morgan fingerprint density at radius 2 is 1.73 bits per heavy atom. The van der Waals surface area contributed by atoms with Crippen molar-refractivity contribution in [2.45, 2.75) is 5.92 Å². The number of fused-ring (bicyclic) bond motifs is 1. The number of aromatic nitrogens is 5. The zero-order valence-corrected chi connectivity index (χ0v) is 18.4. The summed E-state index contributed by atoms with van der Waals surface area (Å²) in [6, 6.07) is 24.0. The van der Waals surface area contributed by atoms with E-state index in [4.69, 9.17) is 9.47 Å². The lowest BCUT2D eigenvalue weighted by Crippen LogP contribution is -2.17. The van der Waals surface area contributed by atoms with E-state index in [1.165, 1.54) is 0 Å². The fourth-order valence-electron chi connectivity index (χ4n) is 4.19. The van der Waals surface area contributed by atoms with Gasteiger partial charge in [0.25, 0.3) is 0 Å². The van der Waals surface area contributed by atoms with Crippen molar-refractivity contribution in [1.29, 1.82) is 0 Å². The summed E-state index contributed by atoms with van der Waals surface area (Å²) >= 11 is 0. The third-order valence-corrected chi connectivity index (χ3v) is 5.74. The van der Waals surface area contributed by atoms with Crippen molar-refractivity contribution in [3.05, 3.63) is 90.1 Å². The van der Waals surface area contributed by atoms with Crippen LogP contribution in [0.25, 0.3) is 16.6 Å². The smallest absolute Gasteiger partial charge is 0.247 e. The van der Waals surface area contributed by atoms with Gasteiger partial charge in [-0.2, -0.15) is 4.68 Å². The predicted molar refractivity (Wildman–Crippen MR) is 127 cm³/mol. The maximum absolute atomic E-state index is 5.78. The first-order valence-corrected chi connectivity index (χ1v) is 10.6. The van der Waals surface area contributed by atoms with E-state index in [-0.39, 0.29) is 5.92 Å². The van der Waals surface area contributed by atoms with Crippen molar-refractivity contribution in [3.8, 4) is 17.2 Å². The Balaban J connectivity index is 1.56. The topological polar surface area (TPSA) is 89.9 Å². The van der Waals surface area contributed by atoms with Crippen LogP contribution in [0.3, 0.4) is 0 Å². The number of para-hydroxylation sites is 3. The van der Waals surface area contributed by atoms with Gasteiger partial charge in [0.05, 0.1) is 19.9 Å². The van der Waals surface area contributed by atoms with Crippen LogP contribution >= 0.6 is 0 Å². The molecule has 8 heteroatoms. The number of methoxy groups -OCH3 is 2. The highest BCUT2D eigenvalue weighted by atomic mass is 16.5. The van der Waals surface area contributed by atoms with Gasteiger partial charge < -0.3 is 19.8 Å². The zero-order chi connectivity index (χ0) is 22.6. The molecule has 0 amide bonds. The molecule has 166 valence electrons. The van der Waals surface area contributed by atoms with Crippen LogP contribution in [0.2, 0.25) is 0 Å². The first-order chi connectivity index (χ1) is 16.3. The monoisotopic (exact) mass is 440 g/mol. The van der Waals surface area contributed by atoms with Gasteiger partial charge in [-0.3, -0.25) is 0 Å². The first kappa shape index (κ1) is 20.6. The lowest BCUT2D eigenvalue weighted by atomic mass is 9.90. The van der Waals surface area contributed by atoms with E-state index < -0.39 is 0 Å². The molecule has 0 aliphatic heterocycles. The largest absolute Gasteiger partial charge is 0.493 e. The van der Waals surface area contributed by atoms with Gasteiger partial charge in [-0.25, -0.2) is 0 Å². The maximum atomic E-state index is 5.78. The van der Waals surface area contributed by atoms with E-state index in [0.717, 1.165) is 27.7 Å². The number of rotatable bonds is 8. The molecule has 0 saturated carbocycles. The second-order valence-corrected chi connectivity index (χ2v) is 7.56. The SMILES string of the molecule is COc1cccc([C@@H](CNc2nnnn2-c2ccccc2)c2c[nH]c3ccccc23)c1OC. The molecule has 0 aliphatic rings. The zero-order valence-electron chi connectivity index (χ0n) is 18.4. The van der Waals surface area contributed by atoms with Gasteiger partial charge in [0.2, 0.25) is 5.95 Å². The minimum Gasteiger partial charge on any atom is -0.493 e. The molecule has 2 heterocycles. The molecular weight excluding hydrogens is 416 g/mol. The van der Waals surface area contributed by atoms with Crippen molar-refractivity contribution in [2.75, 3.05) is 26.1 Å². The molecule has 5 rings (SSSR count). The summed E-state index contributed by atoms with van der Waals surface area (Å²) in [6.45, 7) is 0.540. The van der Waals surface area contributed by atoms with E-state index in [9.17, 15) is 0 Å². The molecule has 0 spiro atoms. The highest BCUT2D eigenvalue weighted by Gasteiger charge is 2.24. The Labute approximate surface area is 191 Å². The number of nitrogens with zero attached hydrogens (tertiary/aromatic N) is 4. The molecule has 0 saturated heterocycles. The molecule has 5 aromatic rings. The van der Waals surface area contributed by atoms with Gasteiger partial charge in [0.1, 0.15) is 0 Å². The molecule has 2 N–H and O–H groups in total. The van der Waals surface area contributed by atoms with Crippen LogP contribution in [0.5, 0.6) is 11.5 Å². The fourth-order valence-corrected chi connectivity index (χ4v) is 4.19.